The fraction of sp³-hybridized carbons (Fsp3) is 0.864. The Bertz CT molecular complexity index is 655. The van der Waals surface area contributed by atoms with E-state index < -0.39 is 0 Å². The second kappa shape index (κ2) is 9.83. The van der Waals surface area contributed by atoms with Gasteiger partial charge in [-0.1, -0.05) is 0 Å². The number of anilines is 3. The topological polar surface area (TPSA) is 58.1 Å². The number of hydrogen-bond acceptors (Lipinski definition) is 9. The van der Waals surface area contributed by atoms with Crippen molar-refractivity contribution in [2.45, 2.75) is 39.8 Å². The summed E-state index contributed by atoms with van der Waals surface area (Å²) in [7, 11) is 2.18. The first-order valence-electron chi connectivity index (χ1n) is 12.1. The van der Waals surface area contributed by atoms with Gasteiger partial charge in [-0.25, -0.2) is 0 Å². The zero-order chi connectivity index (χ0) is 22.0. The molecule has 3 saturated heterocycles. The van der Waals surface area contributed by atoms with Crippen LogP contribution in [0.2, 0.25) is 0 Å². The van der Waals surface area contributed by atoms with E-state index in [0.717, 1.165) is 96.4 Å². The SMILES string of the molecule is CC(C)N1CCN(c2nc(N3CCN(C)CC3)nc(N3CCN(C(C)C)CC3)n2)CC1. The first-order valence-corrected chi connectivity index (χ1v) is 12.1. The molecule has 174 valence electrons. The van der Waals surface area contributed by atoms with Crippen molar-refractivity contribution in [1.29, 1.82) is 0 Å². The van der Waals surface area contributed by atoms with Crippen LogP contribution >= 0.6 is 0 Å². The van der Waals surface area contributed by atoms with Crippen LogP contribution < -0.4 is 14.7 Å². The van der Waals surface area contributed by atoms with Gasteiger partial charge in [0.15, 0.2) is 0 Å². The number of piperazine rings is 3. The molecule has 0 bridgehead atoms. The summed E-state index contributed by atoms with van der Waals surface area (Å²) >= 11 is 0. The molecule has 0 aromatic carbocycles. The van der Waals surface area contributed by atoms with E-state index in [2.05, 4.69) is 64.1 Å². The fourth-order valence-electron chi connectivity index (χ4n) is 4.65. The summed E-state index contributed by atoms with van der Waals surface area (Å²) in [6, 6.07) is 1.18. The molecule has 9 heteroatoms. The van der Waals surface area contributed by atoms with Crippen LogP contribution in [0.5, 0.6) is 0 Å². The predicted molar refractivity (Wildman–Crippen MR) is 127 cm³/mol. The minimum absolute atomic E-state index is 0.592. The van der Waals surface area contributed by atoms with E-state index in [1.165, 1.54) is 0 Å². The monoisotopic (exact) mass is 431 g/mol. The van der Waals surface area contributed by atoms with Crippen molar-refractivity contribution < 1.29 is 0 Å². The molecule has 9 nitrogen and oxygen atoms in total. The maximum Gasteiger partial charge on any atom is 0.232 e. The van der Waals surface area contributed by atoms with Crippen LogP contribution in [0.15, 0.2) is 0 Å². The van der Waals surface area contributed by atoms with Gasteiger partial charge in [-0.05, 0) is 34.7 Å². The molecule has 3 aliphatic heterocycles. The van der Waals surface area contributed by atoms with E-state index in [-0.39, 0.29) is 0 Å². The molecule has 0 N–H and O–H groups in total. The van der Waals surface area contributed by atoms with Crippen molar-refractivity contribution in [1.82, 2.24) is 29.7 Å². The van der Waals surface area contributed by atoms with Gasteiger partial charge >= 0.3 is 0 Å². The molecule has 0 amide bonds. The highest BCUT2D eigenvalue weighted by Gasteiger charge is 2.27. The van der Waals surface area contributed by atoms with Crippen LogP contribution in [0.3, 0.4) is 0 Å². The number of aromatic nitrogens is 3. The van der Waals surface area contributed by atoms with Crippen LogP contribution in [-0.2, 0) is 0 Å². The average molecular weight is 432 g/mol. The largest absolute Gasteiger partial charge is 0.338 e. The Morgan fingerprint density at radius 3 is 1.06 bits per heavy atom. The third kappa shape index (κ3) is 5.38. The number of nitrogens with zero attached hydrogens (tertiary/aromatic N) is 9. The van der Waals surface area contributed by atoms with Crippen LogP contribution in [-0.4, -0.2) is 127 Å². The lowest BCUT2D eigenvalue weighted by molar-refractivity contribution is 0.207. The Balaban J connectivity index is 1.54. The third-order valence-electron chi connectivity index (χ3n) is 7.04. The Hall–Kier alpha value is -1.71. The van der Waals surface area contributed by atoms with Crippen molar-refractivity contribution in [2.75, 3.05) is 100 Å². The smallest absolute Gasteiger partial charge is 0.232 e. The summed E-state index contributed by atoms with van der Waals surface area (Å²) < 4.78 is 0. The van der Waals surface area contributed by atoms with E-state index in [0.29, 0.717) is 12.1 Å². The Labute approximate surface area is 188 Å². The lowest BCUT2D eigenvalue weighted by Crippen LogP contribution is -2.51. The minimum atomic E-state index is 0.592. The quantitative estimate of drug-likeness (QED) is 0.670. The molecule has 0 atom stereocenters. The lowest BCUT2D eigenvalue weighted by atomic mass is 10.2. The molecule has 0 unspecified atom stereocenters. The molecular formula is C22H41N9. The zero-order valence-corrected chi connectivity index (χ0v) is 20.2. The fourth-order valence-corrected chi connectivity index (χ4v) is 4.65. The molecule has 4 rings (SSSR count). The van der Waals surface area contributed by atoms with Gasteiger partial charge in [0.2, 0.25) is 17.8 Å². The lowest BCUT2D eigenvalue weighted by Gasteiger charge is -2.39. The zero-order valence-electron chi connectivity index (χ0n) is 20.2. The van der Waals surface area contributed by atoms with Gasteiger partial charge in [-0.3, -0.25) is 9.80 Å². The first kappa shape index (κ1) is 22.5. The van der Waals surface area contributed by atoms with Gasteiger partial charge in [-0.15, -0.1) is 0 Å². The summed E-state index contributed by atoms with van der Waals surface area (Å²) in [5.41, 5.74) is 0. The molecule has 31 heavy (non-hydrogen) atoms. The summed E-state index contributed by atoms with van der Waals surface area (Å²) in [5.74, 6) is 2.56. The van der Waals surface area contributed by atoms with E-state index in [1.54, 1.807) is 0 Å². The van der Waals surface area contributed by atoms with Crippen LogP contribution in [0.4, 0.5) is 17.8 Å². The third-order valence-corrected chi connectivity index (χ3v) is 7.04. The molecule has 1 aromatic heterocycles. The molecule has 4 heterocycles. The molecule has 0 aliphatic carbocycles. The van der Waals surface area contributed by atoms with Crippen molar-refractivity contribution in [3.05, 3.63) is 0 Å². The summed E-state index contributed by atoms with van der Waals surface area (Å²) in [4.78, 5) is 29.4. The summed E-state index contributed by atoms with van der Waals surface area (Å²) in [5, 5.41) is 0. The molecule has 3 aliphatic rings. The molecule has 1 aromatic rings. The average Bonchev–Trinajstić information content (AvgIpc) is 2.79. The van der Waals surface area contributed by atoms with Crippen molar-refractivity contribution in [3.8, 4) is 0 Å². The highest BCUT2D eigenvalue weighted by Crippen LogP contribution is 2.22. The van der Waals surface area contributed by atoms with E-state index in [4.69, 9.17) is 15.0 Å². The van der Waals surface area contributed by atoms with Gasteiger partial charge in [0.05, 0.1) is 0 Å². The highest BCUT2D eigenvalue weighted by molar-refractivity contribution is 5.47. The first-order chi connectivity index (χ1) is 14.9. The molecular weight excluding hydrogens is 390 g/mol. The normalized spacial score (nSPS) is 22.7. The van der Waals surface area contributed by atoms with E-state index in [9.17, 15) is 0 Å². The Morgan fingerprint density at radius 1 is 0.484 bits per heavy atom. The van der Waals surface area contributed by atoms with E-state index in [1.807, 2.05) is 0 Å². The maximum atomic E-state index is 4.99. The predicted octanol–water partition coefficient (Wildman–Crippen LogP) is 0.684. The van der Waals surface area contributed by atoms with Gasteiger partial charge in [0.25, 0.3) is 0 Å². The van der Waals surface area contributed by atoms with Gasteiger partial charge in [0, 0.05) is 90.6 Å². The molecule has 0 radical (unpaired) electrons. The molecule has 0 saturated carbocycles. The van der Waals surface area contributed by atoms with E-state index >= 15 is 0 Å². The standard InChI is InChI=1S/C22H41N9/c1-18(2)27-10-14-30(15-11-27)21-23-20(29-8-6-26(5)7-9-29)24-22(25-21)31-16-12-28(13-17-31)19(3)4/h18-19H,6-17H2,1-5H3. The van der Waals surface area contributed by atoms with Crippen LogP contribution in [0, 0.1) is 0 Å². The second-order valence-corrected chi connectivity index (χ2v) is 9.76. The molecule has 0 spiro atoms. The Morgan fingerprint density at radius 2 is 0.774 bits per heavy atom. The highest BCUT2D eigenvalue weighted by atomic mass is 15.4. The van der Waals surface area contributed by atoms with Gasteiger partial charge < -0.3 is 19.6 Å². The number of rotatable bonds is 5. The van der Waals surface area contributed by atoms with Crippen molar-refractivity contribution >= 4 is 17.8 Å². The Kier molecular flexibility index (Phi) is 7.13. The van der Waals surface area contributed by atoms with Crippen molar-refractivity contribution in [2.24, 2.45) is 0 Å². The van der Waals surface area contributed by atoms with Crippen LogP contribution in [0.25, 0.3) is 0 Å². The minimum Gasteiger partial charge on any atom is -0.338 e. The number of likely N-dealkylation sites (N-methyl/N-ethyl adjacent to an activating group) is 1. The maximum absolute atomic E-state index is 4.99. The summed E-state index contributed by atoms with van der Waals surface area (Å²) in [6.45, 7) is 21.3. The van der Waals surface area contributed by atoms with Gasteiger partial charge in [-0.2, -0.15) is 15.0 Å². The van der Waals surface area contributed by atoms with Gasteiger partial charge in [0.1, 0.15) is 0 Å². The summed E-state index contributed by atoms with van der Waals surface area (Å²) in [6.07, 6.45) is 0. The second-order valence-electron chi connectivity index (χ2n) is 9.76. The number of hydrogen-bond donors (Lipinski definition) is 0. The van der Waals surface area contributed by atoms with Crippen molar-refractivity contribution in [3.63, 3.8) is 0 Å². The van der Waals surface area contributed by atoms with Crippen LogP contribution in [0.1, 0.15) is 27.7 Å². The molecule has 3 fully saturated rings.